The number of carbonyl (C=O) groups excluding carboxylic acids is 1. The van der Waals surface area contributed by atoms with E-state index < -0.39 is 11.5 Å². The van der Waals surface area contributed by atoms with E-state index in [1.165, 1.54) is 0 Å². The van der Waals surface area contributed by atoms with Gasteiger partial charge in [-0.2, -0.15) is 0 Å². The summed E-state index contributed by atoms with van der Waals surface area (Å²) < 4.78 is 0. The average molecular weight is 330 g/mol. The molecule has 0 saturated carbocycles. The molecule has 1 aromatic carbocycles. The first-order valence-corrected chi connectivity index (χ1v) is 8.22. The molecule has 0 heterocycles. The van der Waals surface area contributed by atoms with Crippen LogP contribution in [0.4, 0.5) is 0 Å². The maximum Gasteiger partial charge on any atom is 0.329 e. The topological polar surface area (TPSA) is 66.4 Å². The standard InChI is InChI=1S/C15H20ClNO3S/c1-3-15(4-2,14(19)20)17-13(18)9-10-21-12-7-5-11(16)6-8-12/h5-8H,3-4,9-10H2,1-2H3,(H,17,18)(H,19,20). The molecule has 6 heteroatoms. The van der Waals surface area contributed by atoms with E-state index in [1.807, 2.05) is 12.1 Å². The zero-order chi connectivity index (χ0) is 15.9. The molecule has 0 unspecified atom stereocenters. The maximum atomic E-state index is 11.9. The van der Waals surface area contributed by atoms with Crippen LogP contribution < -0.4 is 5.32 Å². The number of thioether (sulfide) groups is 1. The molecule has 2 N–H and O–H groups in total. The average Bonchev–Trinajstić information content (AvgIpc) is 2.46. The predicted molar refractivity (Wildman–Crippen MR) is 85.9 cm³/mol. The smallest absolute Gasteiger partial charge is 0.329 e. The molecular formula is C15H20ClNO3S. The summed E-state index contributed by atoms with van der Waals surface area (Å²) in [6, 6.07) is 7.39. The lowest BCUT2D eigenvalue weighted by Crippen LogP contribution is -2.53. The maximum absolute atomic E-state index is 11.9. The molecule has 0 fully saturated rings. The third-order valence-corrected chi connectivity index (χ3v) is 4.67. The lowest BCUT2D eigenvalue weighted by molar-refractivity contribution is -0.148. The van der Waals surface area contributed by atoms with Gasteiger partial charge in [0.25, 0.3) is 0 Å². The van der Waals surface area contributed by atoms with Crippen LogP contribution in [-0.4, -0.2) is 28.3 Å². The molecule has 116 valence electrons. The summed E-state index contributed by atoms with van der Waals surface area (Å²) in [5, 5.41) is 12.6. The second kappa shape index (κ2) is 8.29. The van der Waals surface area contributed by atoms with E-state index in [2.05, 4.69) is 5.32 Å². The van der Waals surface area contributed by atoms with Crippen LogP contribution in [0.5, 0.6) is 0 Å². The molecule has 0 atom stereocenters. The molecule has 4 nitrogen and oxygen atoms in total. The van der Waals surface area contributed by atoms with Crippen LogP contribution in [0.3, 0.4) is 0 Å². The predicted octanol–water partition coefficient (Wildman–Crippen LogP) is 3.58. The number of carboxylic acids is 1. The monoisotopic (exact) mass is 329 g/mol. The fraction of sp³-hybridized carbons (Fsp3) is 0.467. The number of carbonyl (C=O) groups is 2. The summed E-state index contributed by atoms with van der Waals surface area (Å²) in [7, 11) is 0. The van der Waals surface area contributed by atoms with Crippen LogP contribution in [0.15, 0.2) is 29.2 Å². The van der Waals surface area contributed by atoms with Crippen molar-refractivity contribution in [3.8, 4) is 0 Å². The van der Waals surface area contributed by atoms with Gasteiger partial charge in [0, 0.05) is 22.1 Å². The highest BCUT2D eigenvalue weighted by Gasteiger charge is 2.36. The van der Waals surface area contributed by atoms with Gasteiger partial charge < -0.3 is 10.4 Å². The first-order chi connectivity index (χ1) is 9.93. The third-order valence-electron chi connectivity index (χ3n) is 3.41. The van der Waals surface area contributed by atoms with Gasteiger partial charge in [-0.1, -0.05) is 25.4 Å². The number of nitrogens with one attached hydrogen (secondary N) is 1. The lowest BCUT2D eigenvalue weighted by atomic mass is 9.93. The molecule has 0 aromatic heterocycles. The Hall–Kier alpha value is -1.20. The van der Waals surface area contributed by atoms with Crippen molar-refractivity contribution in [2.45, 2.75) is 43.5 Å². The van der Waals surface area contributed by atoms with Crippen molar-refractivity contribution in [3.05, 3.63) is 29.3 Å². The Morgan fingerprint density at radius 3 is 2.29 bits per heavy atom. The van der Waals surface area contributed by atoms with Crippen molar-refractivity contribution in [2.24, 2.45) is 0 Å². The van der Waals surface area contributed by atoms with Crippen molar-refractivity contribution < 1.29 is 14.7 Å². The fourth-order valence-corrected chi connectivity index (χ4v) is 2.88. The molecule has 0 bridgehead atoms. The molecule has 0 radical (unpaired) electrons. The summed E-state index contributed by atoms with van der Waals surface area (Å²) in [5.74, 6) is -0.620. The highest BCUT2D eigenvalue weighted by Crippen LogP contribution is 2.21. The van der Waals surface area contributed by atoms with Crippen molar-refractivity contribution in [1.29, 1.82) is 0 Å². The van der Waals surface area contributed by atoms with Gasteiger partial charge >= 0.3 is 5.97 Å². The molecule has 21 heavy (non-hydrogen) atoms. The van der Waals surface area contributed by atoms with Gasteiger partial charge in [0.2, 0.25) is 5.91 Å². The van der Waals surface area contributed by atoms with Crippen molar-refractivity contribution >= 4 is 35.2 Å². The second-order valence-corrected chi connectivity index (χ2v) is 6.30. The van der Waals surface area contributed by atoms with E-state index in [0.717, 1.165) is 4.90 Å². The third kappa shape index (κ3) is 5.25. The number of hydrogen-bond donors (Lipinski definition) is 2. The summed E-state index contributed by atoms with van der Waals surface area (Å²) in [4.78, 5) is 24.3. The van der Waals surface area contributed by atoms with Crippen LogP contribution in [-0.2, 0) is 9.59 Å². The van der Waals surface area contributed by atoms with Crippen LogP contribution in [0, 0.1) is 0 Å². The molecule has 0 aliphatic rings. The number of hydrogen-bond acceptors (Lipinski definition) is 3. The minimum Gasteiger partial charge on any atom is -0.480 e. The number of rotatable bonds is 8. The van der Waals surface area contributed by atoms with Crippen molar-refractivity contribution in [3.63, 3.8) is 0 Å². The van der Waals surface area contributed by atoms with Crippen molar-refractivity contribution in [2.75, 3.05) is 5.75 Å². The number of amides is 1. The van der Waals surface area contributed by atoms with Gasteiger partial charge in [-0.05, 0) is 37.1 Å². The molecule has 0 aliphatic heterocycles. The number of carboxylic acid groups (broad SMARTS) is 1. The lowest BCUT2D eigenvalue weighted by Gasteiger charge is -2.28. The minimum absolute atomic E-state index is 0.234. The van der Waals surface area contributed by atoms with E-state index in [0.29, 0.717) is 23.6 Å². The molecule has 0 spiro atoms. The van der Waals surface area contributed by atoms with Crippen LogP contribution in [0.1, 0.15) is 33.1 Å². The van der Waals surface area contributed by atoms with E-state index in [4.69, 9.17) is 11.6 Å². The second-order valence-electron chi connectivity index (χ2n) is 4.69. The van der Waals surface area contributed by atoms with Gasteiger partial charge in [-0.25, -0.2) is 4.79 Å². The van der Waals surface area contributed by atoms with Gasteiger partial charge in [-0.15, -0.1) is 11.8 Å². The minimum atomic E-state index is -1.15. The van der Waals surface area contributed by atoms with Crippen molar-refractivity contribution in [1.82, 2.24) is 5.32 Å². The first kappa shape index (κ1) is 17.9. The van der Waals surface area contributed by atoms with Gasteiger partial charge in [-0.3, -0.25) is 4.79 Å². The molecule has 0 aliphatic carbocycles. The first-order valence-electron chi connectivity index (χ1n) is 6.86. The van der Waals surface area contributed by atoms with E-state index in [1.54, 1.807) is 37.7 Å². The summed E-state index contributed by atoms with van der Waals surface area (Å²) >= 11 is 7.34. The summed E-state index contributed by atoms with van der Waals surface area (Å²) in [6.45, 7) is 3.53. The molecular weight excluding hydrogens is 310 g/mol. The van der Waals surface area contributed by atoms with Crippen LogP contribution in [0.2, 0.25) is 5.02 Å². The largest absolute Gasteiger partial charge is 0.480 e. The number of halogens is 1. The zero-order valence-electron chi connectivity index (χ0n) is 12.2. The summed E-state index contributed by atoms with van der Waals surface area (Å²) in [6.07, 6.45) is 1.02. The normalized spacial score (nSPS) is 11.2. The van der Waals surface area contributed by atoms with Gasteiger partial charge in [0.15, 0.2) is 0 Å². The zero-order valence-corrected chi connectivity index (χ0v) is 13.8. The quantitative estimate of drug-likeness (QED) is 0.715. The Bertz CT molecular complexity index is 486. The Morgan fingerprint density at radius 1 is 1.24 bits per heavy atom. The van der Waals surface area contributed by atoms with E-state index in [9.17, 15) is 14.7 Å². The fourth-order valence-electron chi connectivity index (χ4n) is 1.90. The molecule has 1 aromatic rings. The van der Waals surface area contributed by atoms with E-state index in [-0.39, 0.29) is 12.3 Å². The Labute approximate surface area is 134 Å². The Morgan fingerprint density at radius 2 is 1.81 bits per heavy atom. The van der Waals surface area contributed by atoms with E-state index >= 15 is 0 Å². The highest BCUT2D eigenvalue weighted by atomic mass is 35.5. The van der Waals surface area contributed by atoms with Crippen LogP contribution in [0.25, 0.3) is 0 Å². The SMILES string of the molecule is CCC(CC)(NC(=O)CCSc1ccc(Cl)cc1)C(=O)O. The highest BCUT2D eigenvalue weighted by molar-refractivity contribution is 7.99. The number of benzene rings is 1. The molecule has 1 rings (SSSR count). The number of aliphatic carboxylic acids is 1. The Kier molecular flexibility index (Phi) is 7.05. The summed E-state index contributed by atoms with van der Waals surface area (Å²) in [5.41, 5.74) is -1.15. The van der Waals surface area contributed by atoms with Gasteiger partial charge in [0.05, 0.1) is 0 Å². The van der Waals surface area contributed by atoms with Crippen LogP contribution >= 0.6 is 23.4 Å². The molecule has 0 saturated heterocycles. The Balaban J connectivity index is 2.46. The van der Waals surface area contributed by atoms with Gasteiger partial charge in [0.1, 0.15) is 5.54 Å². The molecule has 1 amide bonds.